The third kappa shape index (κ3) is 5.17. The number of hydrogen-bond donors (Lipinski definition) is 1. The molecule has 1 atom stereocenters. The summed E-state index contributed by atoms with van der Waals surface area (Å²) >= 11 is 0. The summed E-state index contributed by atoms with van der Waals surface area (Å²) in [5, 5.41) is 0. The second-order valence-electron chi connectivity index (χ2n) is 6.80. The molecule has 0 aliphatic heterocycles. The van der Waals surface area contributed by atoms with Crippen LogP contribution in [-0.4, -0.2) is 42.3 Å². The van der Waals surface area contributed by atoms with Gasteiger partial charge in [0.15, 0.2) is 23.4 Å². The van der Waals surface area contributed by atoms with Crippen LogP contribution in [0.15, 0.2) is 24.3 Å². The molecule has 0 amide bonds. The van der Waals surface area contributed by atoms with Crippen LogP contribution < -0.4 is 9.47 Å². The Morgan fingerprint density at radius 2 is 1.87 bits per heavy atom. The van der Waals surface area contributed by atoms with E-state index < -0.39 is 17.9 Å². The number of ketones is 2. The molecule has 0 spiro atoms. The quantitative estimate of drug-likeness (QED) is 0.378. The Hall–Kier alpha value is -3.35. The molecule has 0 unspecified atom stereocenters. The minimum atomic E-state index is -1.01. The van der Waals surface area contributed by atoms with Gasteiger partial charge in [-0.1, -0.05) is 6.07 Å². The molecule has 0 radical (unpaired) electrons. The molecule has 1 heterocycles. The van der Waals surface area contributed by atoms with Gasteiger partial charge in [-0.25, -0.2) is 4.79 Å². The summed E-state index contributed by atoms with van der Waals surface area (Å²) in [5.41, 5.74) is 2.66. The fraction of sp³-hybridized carbons (Fsp3) is 0.348. The first kappa shape index (κ1) is 22.9. The molecule has 0 saturated heterocycles. The number of hydrogen-bond acceptors (Lipinski definition) is 6. The topological polar surface area (TPSA) is 94.7 Å². The molecule has 30 heavy (non-hydrogen) atoms. The van der Waals surface area contributed by atoms with E-state index in [0.717, 1.165) is 0 Å². The number of carbonyl (C=O) groups is 3. The number of esters is 1. The van der Waals surface area contributed by atoms with E-state index in [9.17, 15) is 14.4 Å². The van der Waals surface area contributed by atoms with Crippen molar-refractivity contribution in [2.45, 2.75) is 40.7 Å². The number of methoxy groups -OCH3 is 1. The Morgan fingerprint density at radius 3 is 2.43 bits per heavy atom. The van der Waals surface area contributed by atoms with Gasteiger partial charge in [-0.2, -0.15) is 0 Å². The van der Waals surface area contributed by atoms with E-state index >= 15 is 0 Å². The minimum absolute atomic E-state index is 0.126. The van der Waals surface area contributed by atoms with Gasteiger partial charge in [0.1, 0.15) is 0 Å². The number of aryl methyl sites for hydroxylation is 1. The number of rotatable bonds is 9. The van der Waals surface area contributed by atoms with Gasteiger partial charge in [-0.05, 0) is 64.0 Å². The Kier molecular flexibility index (Phi) is 7.58. The largest absolute Gasteiger partial charge is 0.493 e. The lowest BCUT2D eigenvalue weighted by atomic mass is 10.0. The normalized spacial score (nSPS) is 11.9. The highest BCUT2D eigenvalue weighted by Gasteiger charge is 2.25. The smallest absolute Gasteiger partial charge is 0.331 e. The lowest BCUT2D eigenvalue weighted by Crippen LogP contribution is -2.24. The molecule has 2 rings (SSSR count). The zero-order chi connectivity index (χ0) is 22.4. The second kappa shape index (κ2) is 9.91. The third-order valence-corrected chi connectivity index (χ3v) is 4.60. The van der Waals surface area contributed by atoms with Gasteiger partial charge in [0.05, 0.1) is 19.4 Å². The van der Waals surface area contributed by atoms with E-state index in [1.165, 1.54) is 27.0 Å². The van der Waals surface area contributed by atoms with Crippen LogP contribution in [0, 0.1) is 13.8 Å². The van der Waals surface area contributed by atoms with Gasteiger partial charge < -0.3 is 19.2 Å². The molecular weight excluding hydrogens is 386 g/mol. The first-order valence-electron chi connectivity index (χ1n) is 9.63. The first-order valence-corrected chi connectivity index (χ1v) is 9.63. The minimum Gasteiger partial charge on any atom is -0.493 e. The van der Waals surface area contributed by atoms with Crippen LogP contribution >= 0.6 is 0 Å². The number of aromatic amines is 1. The molecule has 0 aliphatic carbocycles. The molecule has 7 nitrogen and oxygen atoms in total. The average Bonchev–Trinajstić information content (AvgIpc) is 3.00. The van der Waals surface area contributed by atoms with Crippen LogP contribution in [0.25, 0.3) is 6.08 Å². The van der Waals surface area contributed by atoms with Crippen molar-refractivity contribution in [1.82, 2.24) is 4.98 Å². The van der Waals surface area contributed by atoms with Crippen molar-refractivity contribution in [3.63, 3.8) is 0 Å². The predicted octanol–water partition coefficient (Wildman–Crippen LogP) is 4.07. The maximum atomic E-state index is 12.7. The monoisotopic (exact) mass is 413 g/mol. The highest BCUT2D eigenvalue weighted by Crippen LogP contribution is 2.28. The zero-order valence-corrected chi connectivity index (χ0v) is 18.1. The van der Waals surface area contributed by atoms with Gasteiger partial charge in [0.25, 0.3) is 0 Å². The molecule has 2 aromatic rings. The van der Waals surface area contributed by atoms with Crippen molar-refractivity contribution in [2.24, 2.45) is 0 Å². The van der Waals surface area contributed by atoms with Crippen molar-refractivity contribution < 1.29 is 28.6 Å². The Balaban J connectivity index is 2.08. The average molecular weight is 413 g/mol. The van der Waals surface area contributed by atoms with Crippen LogP contribution in [-0.2, 0) is 9.53 Å². The summed E-state index contributed by atoms with van der Waals surface area (Å²) in [6.07, 6.45) is 1.80. The summed E-state index contributed by atoms with van der Waals surface area (Å²) < 4.78 is 16.0. The maximum Gasteiger partial charge on any atom is 0.331 e. The zero-order valence-electron chi connectivity index (χ0n) is 18.1. The van der Waals surface area contributed by atoms with E-state index in [0.29, 0.717) is 40.5 Å². The van der Waals surface area contributed by atoms with Crippen molar-refractivity contribution in [1.29, 1.82) is 0 Å². The fourth-order valence-electron chi connectivity index (χ4n) is 3.22. The first-order chi connectivity index (χ1) is 14.2. The summed E-state index contributed by atoms with van der Waals surface area (Å²) in [6.45, 7) is 8.75. The standard InChI is InChI=1S/C23H27NO6/c1-7-29-18-10-8-17(12-19(18)28-6)9-11-20(26)30-16(5)23(27)22-13(2)21(15(4)25)14(3)24-22/h8-12,16,24H,7H2,1-6H3/b11-9+/t16-/m1/s1. The molecule has 0 saturated carbocycles. The van der Waals surface area contributed by atoms with Crippen LogP contribution in [0.3, 0.4) is 0 Å². The molecule has 1 aromatic carbocycles. The van der Waals surface area contributed by atoms with E-state index in [2.05, 4.69) is 4.98 Å². The van der Waals surface area contributed by atoms with Crippen LogP contribution in [0.4, 0.5) is 0 Å². The number of ether oxygens (including phenoxy) is 3. The molecule has 160 valence electrons. The summed E-state index contributed by atoms with van der Waals surface area (Å²) in [6, 6.07) is 5.26. The molecule has 0 fully saturated rings. The van der Waals surface area contributed by atoms with Gasteiger partial charge >= 0.3 is 5.97 Å². The summed E-state index contributed by atoms with van der Waals surface area (Å²) in [5.74, 6) is -0.0158. The molecule has 1 aromatic heterocycles. The molecule has 1 N–H and O–H groups in total. The highest BCUT2D eigenvalue weighted by molar-refractivity contribution is 6.05. The second-order valence-corrected chi connectivity index (χ2v) is 6.80. The summed E-state index contributed by atoms with van der Waals surface area (Å²) in [4.78, 5) is 39.5. The van der Waals surface area contributed by atoms with E-state index in [-0.39, 0.29) is 11.5 Å². The lowest BCUT2D eigenvalue weighted by Gasteiger charge is -2.11. The van der Waals surface area contributed by atoms with Crippen molar-refractivity contribution in [2.75, 3.05) is 13.7 Å². The Labute approximate surface area is 176 Å². The van der Waals surface area contributed by atoms with Gasteiger partial charge in [0.2, 0.25) is 5.78 Å². The van der Waals surface area contributed by atoms with E-state index in [1.807, 2.05) is 6.92 Å². The van der Waals surface area contributed by atoms with Crippen LogP contribution in [0.2, 0.25) is 0 Å². The Bertz CT molecular complexity index is 986. The van der Waals surface area contributed by atoms with Crippen LogP contribution in [0.1, 0.15) is 58.4 Å². The summed E-state index contributed by atoms with van der Waals surface area (Å²) in [7, 11) is 1.54. The number of nitrogens with one attached hydrogen (secondary N) is 1. The molecule has 7 heteroatoms. The van der Waals surface area contributed by atoms with Crippen molar-refractivity contribution in [3.05, 3.63) is 52.4 Å². The maximum absolute atomic E-state index is 12.7. The van der Waals surface area contributed by atoms with E-state index in [4.69, 9.17) is 14.2 Å². The van der Waals surface area contributed by atoms with Gasteiger partial charge in [-0.15, -0.1) is 0 Å². The van der Waals surface area contributed by atoms with Crippen molar-refractivity contribution >= 4 is 23.6 Å². The number of H-pyrrole nitrogens is 1. The molecular formula is C23H27NO6. The highest BCUT2D eigenvalue weighted by atomic mass is 16.5. The number of benzene rings is 1. The molecule has 0 aliphatic rings. The predicted molar refractivity (Wildman–Crippen MR) is 113 cm³/mol. The van der Waals surface area contributed by atoms with Gasteiger partial charge in [0, 0.05) is 17.3 Å². The third-order valence-electron chi connectivity index (χ3n) is 4.60. The van der Waals surface area contributed by atoms with E-state index in [1.54, 1.807) is 38.1 Å². The number of Topliss-reactive ketones (excluding diaryl/α,β-unsaturated/α-hetero) is 2. The Morgan fingerprint density at radius 1 is 1.17 bits per heavy atom. The molecule has 0 bridgehead atoms. The van der Waals surface area contributed by atoms with Gasteiger partial charge in [-0.3, -0.25) is 9.59 Å². The van der Waals surface area contributed by atoms with Crippen LogP contribution in [0.5, 0.6) is 11.5 Å². The number of carbonyl (C=O) groups excluding carboxylic acids is 3. The lowest BCUT2D eigenvalue weighted by molar-refractivity contribution is -0.140. The number of aromatic nitrogens is 1. The van der Waals surface area contributed by atoms with Crippen molar-refractivity contribution in [3.8, 4) is 11.5 Å². The fourth-order valence-corrected chi connectivity index (χ4v) is 3.22. The SMILES string of the molecule is CCOc1ccc(/C=C/C(=O)O[C@H](C)C(=O)c2[nH]c(C)c(C(C)=O)c2C)cc1OC.